The van der Waals surface area contributed by atoms with Gasteiger partial charge in [-0.1, -0.05) is 30.5 Å². The highest BCUT2D eigenvalue weighted by atomic mass is 16.1. The molecule has 3 rings (SSSR count). The van der Waals surface area contributed by atoms with E-state index in [0.29, 0.717) is 11.5 Å². The quantitative estimate of drug-likeness (QED) is 0.897. The molecule has 5 nitrogen and oxygen atoms in total. The van der Waals surface area contributed by atoms with Gasteiger partial charge in [-0.3, -0.25) is 4.79 Å². The van der Waals surface area contributed by atoms with E-state index in [1.807, 2.05) is 0 Å². The van der Waals surface area contributed by atoms with Gasteiger partial charge in [-0.2, -0.15) is 0 Å². The van der Waals surface area contributed by atoms with Gasteiger partial charge >= 0.3 is 0 Å². The van der Waals surface area contributed by atoms with E-state index >= 15 is 0 Å². The summed E-state index contributed by atoms with van der Waals surface area (Å²) in [7, 11) is 0. The summed E-state index contributed by atoms with van der Waals surface area (Å²) in [6, 6.07) is 4.55. The summed E-state index contributed by atoms with van der Waals surface area (Å²) in [6.07, 6.45) is 7.65. The highest BCUT2D eigenvalue weighted by Gasteiger charge is 2.18. The van der Waals surface area contributed by atoms with Gasteiger partial charge in [-0.25, -0.2) is 9.97 Å². The second-order valence-corrected chi connectivity index (χ2v) is 6.64. The van der Waals surface area contributed by atoms with E-state index in [-0.39, 0.29) is 11.9 Å². The smallest absolute Gasteiger partial charge is 0.271 e. The molecule has 1 aliphatic carbocycles. The van der Waals surface area contributed by atoms with Gasteiger partial charge in [0.25, 0.3) is 5.91 Å². The molecule has 1 amide bonds. The largest absolute Gasteiger partial charge is 0.348 e. The third-order valence-electron chi connectivity index (χ3n) is 4.50. The first-order valence-corrected chi connectivity index (χ1v) is 8.50. The topological polar surface area (TPSA) is 66.9 Å². The van der Waals surface area contributed by atoms with Gasteiger partial charge in [0.2, 0.25) is 0 Å². The van der Waals surface area contributed by atoms with Crippen molar-refractivity contribution in [1.82, 2.24) is 15.3 Å². The van der Waals surface area contributed by atoms with Crippen LogP contribution in [0.5, 0.6) is 0 Å². The fourth-order valence-corrected chi connectivity index (χ4v) is 3.34. The van der Waals surface area contributed by atoms with Crippen molar-refractivity contribution in [2.45, 2.75) is 52.5 Å². The number of amides is 1. The standard InChI is InChI=1S/C19H24N4O/c1-12-8-13(2)18(14(3)9-12)23-17-11-20-16(10-21-17)19(24)22-15-6-4-5-7-15/h8-11,15H,4-7H2,1-3H3,(H,21,23)(H,22,24). The van der Waals surface area contributed by atoms with Crippen LogP contribution in [0.4, 0.5) is 11.5 Å². The van der Waals surface area contributed by atoms with Crippen molar-refractivity contribution in [2.24, 2.45) is 0 Å². The Morgan fingerprint density at radius 1 is 1.04 bits per heavy atom. The summed E-state index contributed by atoms with van der Waals surface area (Å²) in [4.78, 5) is 20.8. The Hall–Kier alpha value is -2.43. The minimum Gasteiger partial charge on any atom is -0.348 e. The Morgan fingerprint density at radius 3 is 2.29 bits per heavy atom. The number of aromatic nitrogens is 2. The molecule has 1 fully saturated rings. The zero-order valence-corrected chi connectivity index (χ0v) is 14.5. The first kappa shape index (κ1) is 16.4. The molecule has 1 aromatic heterocycles. The highest BCUT2D eigenvalue weighted by Crippen LogP contribution is 2.24. The zero-order valence-electron chi connectivity index (χ0n) is 14.5. The molecule has 2 aromatic rings. The Balaban J connectivity index is 1.69. The summed E-state index contributed by atoms with van der Waals surface area (Å²) in [5, 5.41) is 6.33. The average Bonchev–Trinajstić information content (AvgIpc) is 3.04. The summed E-state index contributed by atoms with van der Waals surface area (Å²) >= 11 is 0. The number of benzene rings is 1. The number of hydrogen-bond acceptors (Lipinski definition) is 4. The van der Waals surface area contributed by atoms with E-state index in [2.05, 4.69) is 53.5 Å². The number of anilines is 2. The molecule has 0 saturated heterocycles. The molecule has 0 unspecified atom stereocenters. The molecule has 5 heteroatoms. The van der Waals surface area contributed by atoms with E-state index < -0.39 is 0 Å². The maximum absolute atomic E-state index is 12.2. The lowest BCUT2D eigenvalue weighted by Crippen LogP contribution is -2.33. The minimum atomic E-state index is -0.136. The van der Waals surface area contributed by atoms with Gasteiger partial charge in [0.1, 0.15) is 11.5 Å². The lowest BCUT2D eigenvalue weighted by Gasteiger charge is -2.14. The van der Waals surface area contributed by atoms with Gasteiger partial charge < -0.3 is 10.6 Å². The SMILES string of the molecule is Cc1cc(C)c(Nc2cnc(C(=O)NC3CCCC3)cn2)c(C)c1. The first-order valence-electron chi connectivity index (χ1n) is 8.50. The van der Waals surface area contributed by atoms with Crippen molar-refractivity contribution in [3.8, 4) is 0 Å². The zero-order chi connectivity index (χ0) is 17.1. The molecule has 0 bridgehead atoms. The molecular formula is C19H24N4O. The number of nitrogens with zero attached hydrogens (tertiary/aromatic N) is 2. The van der Waals surface area contributed by atoms with Crippen molar-refractivity contribution in [2.75, 3.05) is 5.32 Å². The van der Waals surface area contributed by atoms with E-state index in [9.17, 15) is 4.79 Å². The first-order chi connectivity index (χ1) is 11.5. The third-order valence-corrected chi connectivity index (χ3v) is 4.50. The Bertz CT molecular complexity index is 711. The molecule has 1 aromatic carbocycles. The lowest BCUT2D eigenvalue weighted by atomic mass is 10.1. The number of carbonyl (C=O) groups is 1. The maximum Gasteiger partial charge on any atom is 0.271 e. The summed E-state index contributed by atoms with van der Waals surface area (Å²) < 4.78 is 0. The second-order valence-electron chi connectivity index (χ2n) is 6.64. The van der Waals surface area contributed by atoms with Crippen molar-refractivity contribution < 1.29 is 4.79 Å². The minimum absolute atomic E-state index is 0.136. The van der Waals surface area contributed by atoms with Crippen LogP contribution >= 0.6 is 0 Å². The third kappa shape index (κ3) is 3.72. The van der Waals surface area contributed by atoms with Crippen molar-refractivity contribution in [1.29, 1.82) is 0 Å². The van der Waals surface area contributed by atoms with E-state index in [0.717, 1.165) is 29.7 Å². The van der Waals surface area contributed by atoms with E-state index in [1.54, 1.807) is 6.20 Å². The number of nitrogens with one attached hydrogen (secondary N) is 2. The van der Waals surface area contributed by atoms with Crippen LogP contribution in [0.2, 0.25) is 0 Å². The van der Waals surface area contributed by atoms with Crippen molar-refractivity contribution in [3.63, 3.8) is 0 Å². The van der Waals surface area contributed by atoms with Crippen LogP contribution in [0.1, 0.15) is 52.9 Å². The van der Waals surface area contributed by atoms with Gasteiger partial charge in [-0.05, 0) is 44.7 Å². The molecule has 2 N–H and O–H groups in total. The fourth-order valence-electron chi connectivity index (χ4n) is 3.34. The molecule has 1 heterocycles. The molecule has 126 valence electrons. The van der Waals surface area contributed by atoms with Crippen LogP contribution < -0.4 is 10.6 Å². The predicted molar refractivity (Wildman–Crippen MR) is 95.7 cm³/mol. The van der Waals surface area contributed by atoms with Crippen LogP contribution in [0.15, 0.2) is 24.5 Å². The van der Waals surface area contributed by atoms with Gasteiger partial charge in [0, 0.05) is 11.7 Å². The molecule has 0 aliphatic heterocycles. The molecule has 0 atom stereocenters. The van der Waals surface area contributed by atoms with Gasteiger partial charge in [0.05, 0.1) is 12.4 Å². The second kappa shape index (κ2) is 6.99. The number of rotatable bonds is 4. The van der Waals surface area contributed by atoms with Crippen LogP contribution in [-0.2, 0) is 0 Å². The van der Waals surface area contributed by atoms with Crippen molar-refractivity contribution >= 4 is 17.4 Å². The monoisotopic (exact) mass is 324 g/mol. The lowest BCUT2D eigenvalue weighted by molar-refractivity contribution is 0.0932. The van der Waals surface area contributed by atoms with E-state index in [4.69, 9.17) is 0 Å². The molecule has 24 heavy (non-hydrogen) atoms. The number of carbonyl (C=O) groups excluding carboxylic acids is 1. The predicted octanol–water partition coefficient (Wildman–Crippen LogP) is 3.82. The molecule has 0 radical (unpaired) electrons. The normalized spacial score (nSPS) is 14.6. The Morgan fingerprint density at radius 2 is 1.71 bits per heavy atom. The molecular weight excluding hydrogens is 300 g/mol. The van der Waals surface area contributed by atoms with Crippen molar-refractivity contribution in [3.05, 3.63) is 46.9 Å². The van der Waals surface area contributed by atoms with Gasteiger partial charge in [0.15, 0.2) is 0 Å². The maximum atomic E-state index is 12.2. The Kier molecular flexibility index (Phi) is 4.79. The Labute approximate surface area is 142 Å². The number of hydrogen-bond donors (Lipinski definition) is 2. The van der Waals surface area contributed by atoms with E-state index in [1.165, 1.54) is 24.6 Å². The van der Waals surface area contributed by atoms with Crippen LogP contribution in [0.3, 0.4) is 0 Å². The van der Waals surface area contributed by atoms with Crippen LogP contribution in [0.25, 0.3) is 0 Å². The summed E-state index contributed by atoms with van der Waals surface area (Å²) in [6.45, 7) is 6.22. The van der Waals surface area contributed by atoms with Gasteiger partial charge in [-0.15, -0.1) is 0 Å². The molecule has 1 saturated carbocycles. The summed E-state index contributed by atoms with van der Waals surface area (Å²) in [5.74, 6) is 0.506. The summed E-state index contributed by atoms with van der Waals surface area (Å²) in [5.41, 5.74) is 4.97. The average molecular weight is 324 g/mol. The highest BCUT2D eigenvalue weighted by molar-refractivity contribution is 5.92. The number of aryl methyl sites for hydroxylation is 3. The van der Waals surface area contributed by atoms with Crippen LogP contribution in [-0.4, -0.2) is 21.9 Å². The molecule has 0 spiro atoms. The molecule has 1 aliphatic rings. The fraction of sp³-hybridized carbons (Fsp3) is 0.421. The van der Waals surface area contributed by atoms with Crippen LogP contribution in [0, 0.1) is 20.8 Å².